The number of nitrogens with one attached hydrogen (secondary N) is 2. The first kappa shape index (κ1) is 22.4. The number of hydrogen-bond donors (Lipinski definition) is 2. The van der Waals surface area contributed by atoms with Gasteiger partial charge < -0.3 is 5.32 Å². The highest BCUT2D eigenvalue weighted by atomic mass is 19.4. The summed E-state index contributed by atoms with van der Waals surface area (Å²) < 4.78 is 82.4. The smallest absolute Gasteiger partial charge is 0.336 e. The van der Waals surface area contributed by atoms with Gasteiger partial charge in [0.2, 0.25) is 5.91 Å². The van der Waals surface area contributed by atoms with E-state index < -0.39 is 60.2 Å². The normalized spacial score (nSPS) is 20.2. The molecular weight excluding hydrogens is 412 g/mol. The van der Waals surface area contributed by atoms with Crippen LogP contribution in [0, 0.1) is 23.1 Å². The number of carbonyl (C=O) groups excluding carboxylic acids is 1. The zero-order valence-electron chi connectivity index (χ0n) is 15.9. The minimum atomic E-state index is -4.86. The van der Waals surface area contributed by atoms with Crippen LogP contribution >= 0.6 is 0 Å². The number of benzene rings is 1. The van der Waals surface area contributed by atoms with Crippen LogP contribution in [-0.2, 0) is 4.79 Å². The molecule has 2 atom stereocenters. The number of hydrogen-bond acceptors (Lipinski definition) is 3. The molecule has 0 aliphatic heterocycles. The first-order valence-corrected chi connectivity index (χ1v) is 9.65. The van der Waals surface area contributed by atoms with Crippen molar-refractivity contribution in [3.63, 3.8) is 0 Å². The van der Waals surface area contributed by atoms with E-state index in [9.17, 15) is 31.1 Å². The third kappa shape index (κ3) is 5.45. The molecule has 164 valence electrons. The second-order valence-electron chi connectivity index (χ2n) is 8.00. The molecule has 2 unspecified atom stereocenters. The number of carbonyl (C=O) groups is 1. The van der Waals surface area contributed by atoms with Crippen LogP contribution in [0.3, 0.4) is 0 Å². The highest BCUT2D eigenvalue weighted by Gasteiger charge is 2.50. The van der Waals surface area contributed by atoms with Crippen molar-refractivity contribution in [3.05, 3.63) is 35.6 Å². The number of halogens is 6. The Bertz CT molecular complexity index is 809. The second-order valence-corrected chi connectivity index (χ2v) is 8.00. The lowest BCUT2D eigenvalue weighted by molar-refractivity contribution is -0.161. The molecule has 2 aliphatic rings. The average Bonchev–Trinajstić information content (AvgIpc) is 3.56. The molecule has 0 aromatic heterocycles. The fraction of sp³-hybridized carbons (Fsp3) is 0.600. The topological polar surface area (TPSA) is 64.9 Å². The van der Waals surface area contributed by atoms with Gasteiger partial charge in [-0.3, -0.25) is 10.1 Å². The molecule has 0 bridgehead atoms. The van der Waals surface area contributed by atoms with Crippen molar-refractivity contribution in [1.82, 2.24) is 10.6 Å². The largest absolute Gasteiger partial charge is 0.407 e. The lowest BCUT2D eigenvalue weighted by Gasteiger charge is -2.29. The van der Waals surface area contributed by atoms with Gasteiger partial charge in [-0.2, -0.15) is 18.4 Å². The van der Waals surface area contributed by atoms with Gasteiger partial charge in [0.25, 0.3) is 5.92 Å². The Morgan fingerprint density at radius 2 is 1.77 bits per heavy atom. The van der Waals surface area contributed by atoms with Crippen LogP contribution in [0.5, 0.6) is 0 Å². The van der Waals surface area contributed by atoms with Gasteiger partial charge in [-0.25, -0.2) is 13.2 Å². The summed E-state index contributed by atoms with van der Waals surface area (Å²) in [4.78, 5) is 12.6. The molecular formula is C20H21F6N3O. The maximum atomic E-state index is 14.1. The Morgan fingerprint density at radius 1 is 1.17 bits per heavy atom. The molecule has 4 nitrogen and oxygen atoms in total. The molecule has 10 heteroatoms. The standard InChI is InChI=1S/C20H21F6N3O/c21-14-5-1-12(2-6-14)16(20(24,25)26)28-15(7-8-19(22,23)13-3-4-13)17(30)29-18(11-27)9-10-18/h1-2,5-6,13,15-16,28H,3-4,7-10H2,(H,29,30). The summed E-state index contributed by atoms with van der Waals surface area (Å²) in [6.07, 6.45) is -4.77. The number of amides is 1. The highest BCUT2D eigenvalue weighted by Crippen LogP contribution is 2.46. The molecule has 1 amide bonds. The molecule has 2 fully saturated rings. The Labute approximate surface area is 169 Å². The fourth-order valence-corrected chi connectivity index (χ4v) is 3.29. The Balaban J connectivity index is 1.80. The summed E-state index contributed by atoms with van der Waals surface area (Å²) in [6, 6.07) is 1.47. The van der Waals surface area contributed by atoms with Gasteiger partial charge in [0, 0.05) is 12.3 Å². The summed E-state index contributed by atoms with van der Waals surface area (Å²) >= 11 is 0. The zero-order chi connectivity index (χ0) is 22.2. The van der Waals surface area contributed by atoms with Crippen molar-refractivity contribution in [2.24, 2.45) is 5.92 Å². The Hall–Kier alpha value is -2.28. The lowest BCUT2D eigenvalue weighted by Crippen LogP contribution is -2.52. The van der Waals surface area contributed by atoms with Crippen LogP contribution in [-0.4, -0.2) is 29.6 Å². The van der Waals surface area contributed by atoms with E-state index in [-0.39, 0.29) is 5.56 Å². The minimum absolute atomic E-state index is 0.343. The Morgan fingerprint density at radius 3 is 2.23 bits per heavy atom. The molecule has 0 saturated heterocycles. The van der Waals surface area contributed by atoms with Crippen molar-refractivity contribution in [3.8, 4) is 6.07 Å². The van der Waals surface area contributed by atoms with Crippen molar-refractivity contribution in [1.29, 1.82) is 5.26 Å². The number of alkyl halides is 5. The van der Waals surface area contributed by atoms with Gasteiger partial charge in [0.05, 0.1) is 12.1 Å². The van der Waals surface area contributed by atoms with Crippen molar-refractivity contribution in [2.75, 3.05) is 0 Å². The van der Waals surface area contributed by atoms with Gasteiger partial charge in [-0.1, -0.05) is 12.1 Å². The van der Waals surface area contributed by atoms with Gasteiger partial charge in [0.15, 0.2) is 0 Å². The monoisotopic (exact) mass is 433 g/mol. The second kappa shape index (κ2) is 8.10. The van der Waals surface area contributed by atoms with E-state index >= 15 is 0 Å². The van der Waals surface area contributed by atoms with E-state index in [2.05, 4.69) is 10.6 Å². The average molecular weight is 433 g/mol. The van der Waals surface area contributed by atoms with E-state index in [0.717, 1.165) is 24.3 Å². The van der Waals surface area contributed by atoms with Crippen molar-refractivity contribution in [2.45, 2.75) is 68.2 Å². The first-order valence-electron chi connectivity index (χ1n) is 9.65. The molecule has 0 spiro atoms. The number of nitriles is 1. The predicted molar refractivity (Wildman–Crippen MR) is 94.7 cm³/mol. The van der Waals surface area contributed by atoms with E-state index in [1.807, 2.05) is 6.07 Å². The predicted octanol–water partition coefficient (Wildman–Crippen LogP) is 4.39. The van der Waals surface area contributed by atoms with Crippen LogP contribution in [0.15, 0.2) is 24.3 Å². The first-order chi connectivity index (χ1) is 14.0. The maximum absolute atomic E-state index is 14.1. The van der Waals surface area contributed by atoms with Gasteiger partial charge in [-0.05, 0) is 49.8 Å². The third-order valence-electron chi connectivity index (χ3n) is 5.48. The van der Waals surface area contributed by atoms with E-state index in [1.165, 1.54) is 0 Å². The van der Waals surface area contributed by atoms with Gasteiger partial charge >= 0.3 is 6.18 Å². The fourth-order valence-electron chi connectivity index (χ4n) is 3.29. The van der Waals surface area contributed by atoms with Crippen LogP contribution in [0.2, 0.25) is 0 Å². The van der Waals surface area contributed by atoms with Gasteiger partial charge in [-0.15, -0.1) is 0 Å². The molecule has 2 saturated carbocycles. The molecule has 2 aliphatic carbocycles. The third-order valence-corrected chi connectivity index (χ3v) is 5.48. The summed E-state index contributed by atoms with van der Waals surface area (Å²) in [7, 11) is 0. The van der Waals surface area contributed by atoms with E-state index in [0.29, 0.717) is 25.7 Å². The lowest BCUT2D eigenvalue weighted by atomic mass is 9.99. The molecule has 1 aromatic rings. The molecule has 1 aromatic carbocycles. The maximum Gasteiger partial charge on any atom is 0.407 e. The SMILES string of the molecule is N#CC1(NC(=O)C(CCC(F)(F)C2CC2)NC(c2ccc(F)cc2)C(F)(F)F)CC1. The number of rotatable bonds is 9. The van der Waals surface area contributed by atoms with Crippen molar-refractivity contribution >= 4 is 5.91 Å². The molecule has 3 rings (SSSR count). The van der Waals surface area contributed by atoms with Crippen LogP contribution in [0.1, 0.15) is 50.1 Å². The minimum Gasteiger partial charge on any atom is -0.336 e. The van der Waals surface area contributed by atoms with E-state index in [1.54, 1.807) is 0 Å². The summed E-state index contributed by atoms with van der Waals surface area (Å²) in [6.45, 7) is 0. The summed E-state index contributed by atoms with van der Waals surface area (Å²) in [5.41, 5.74) is -1.50. The summed E-state index contributed by atoms with van der Waals surface area (Å²) in [5, 5.41) is 13.6. The van der Waals surface area contributed by atoms with Crippen LogP contribution in [0.25, 0.3) is 0 Å². The summed E-state index contributed by atoms with van der Waals surface area (Å²) in [5.74, 6) is -5.55. The van der Waals surface area contributed by atoms with Crippen LogP contribution < -0.4 is 10.6 Å². The molecule has 30 heavy (non-hydrogen) atoms. The van der Waals surface area contributed by atoms with Gasteiger partial charge in [0.1, 0.15) is 17.4 Å². The number of nitrogens with zero attached hydrogens (tertiary/aromatic N) is 1. The highest BCUT2D eigenvalue weighted by molar-refractivity contribution is 5.83. The molecule has 0 heterocycles. The van der Waals surface area contributed by atoms with E-state index in [4.69, 9.17) is 5.26 Å². The van der Waals surface area contributed by atoms with Crippen molar-refractivity contribution < 1.29 is 31.1 Å². The Kier molecular flexibility index (Phi) is 6.05. The van der Waals surface area contributed by atoms with Crippen LogP contribution in [0.4, 0.5) is 26.3 Å². The zero-order valence-corrected chi connectivity index (χ0v) is 15.9. The molecule has 0 radical (unpaired) electrons. The molecule has 2 N–H and O–H groups in total. The quantitative estimate of drug-likeness (QED) is 0.568.